The topological polar surface area (TPSA) is 251 Å². The van der Waals surface area contributed by atoms with Gasteiger partial charge in [0.2, 0.25) is 34.7 Å². The highest BCUT2D eigenvalue weighted by atomic mass is 32.2. The van der Waals surface area contributed by atoms with Crippen LogP contribution in [-0.2, 0) is 47.4 Å². The Balaban J connectivity index is 1.57. The summed E-state index contributed by atoms with van der Waals surface area (Å²) in [6, 6.07) is 17.5. The van der Waals surface area contributed by atoms with Crippen LogP contribution in [0.2, 0.25) is 0 Å². The van der Waals surface area contributed by atoms with E-state index in [1.54, 1.807) is 32.2 Å². The van der Waals surface area contributed by atoms with E-state index in [0.717, 1.165) is 28.2 Å². The number of unbranched alkanes of at least 4 members (excludes halogenated alkanes) is 1. The van der Waals surface area contributed by atoms with Crippen LogP contribution in [0.5, 0.6) is 5.75 Å². The molecule has 0 aliphatic rings. The van der Waals surface area contributed by atoms with Gasteiger partial charge in [-0.3, -0.25) is 28.8 Å². The third kappa shape index (κ3) is 14.6. The van der Waals surface area contributed by atoms with Gasteiger partial charge in [0.25, 0.3) is 0 Å². The lowest BCUT2D eigenvalue weighted by molar-refractivity contribution is -0.135. The maximum absolute atomic E-state index is 14.4. The first-order valence-electron chi connectivity index (χ1n) is 19.7. The van der Waals surface area contributed by atoms with Crippen molar-refractivity contribution in [3.05, 3.63) is 102 Å². The number of para-hydroxylation sites is 1. The molecule has 5 atom stereocenters. The van der Waals surface area contributed by atoms with Crippen LogP contribution in [0.4, 0.5) is 0 Å². The molecule has 1 aromatic heterocycles. The molecule has 316 valence electrons. The highest BCUT2D eigenvalue weighted by Gasteiger charge is 2.33. The summed E-state index contributed by atoms with van der Waals surface area (Å²) >= 11 is 1.07. The zero-order valence-corrected chi connectivity index (χ0v) is 34.5. The Morgan fingerprint density at radius 2 is 1.31 bits per heavy atom. The summed E-state index contributed by atoms with van der Waals surface area (Å²) in [5.41, 5.74) is 14.6. The van der Waals surface area contributed by atoms with Gasteiger partial charge >= 0.3 is 0 Å². The lowest BCUT2D eigenvalue weighted by Gasteiger charge is -2.28. The van der Waals surface area contributed by atoms with Gasteiger partial charge in [0.1, 0.15) is 29.9 Å². The molecule has 16 heteroatoms. The molecule has 5 amide bonds. The number of hydrogen-bond acceptors (Lipinski definition) is 10. The molecule has 0 saturated carbocycles. The van der Waals surface area contributed by atoms with E-state index < -0.39 is 65.7 Å². The lowest BCUT2D eigenvalue weighted by Crippen LogP contribution is -2.60. The minimum atomic E-state index is -1.26. The fourth-order valence-electron chi connectivity index (χ4n) is 6.26. The number of aromatic hydroxyl groups is 1. The standard InChI is InChI=1S/C43H56N8O7S/c1-26(2)38(43(58)47-24-37(53)59-25-29-11-5-4-6-12-29)51-42(57)35(21-28-16-18-31(52)19-17-28)49-41(56)36(22-30-23-46-33-14-8-7-13-32(30)33)50-40(55)34(15-9-10-20-44)48-39(54)27(3)45/h4-8,11-14,16-19,23,26-27,34-36,38,46,52H,9-10,15,20-22,24-25,44-45H2,1-3H3,(H,47,58)(H,48,54)(H,49,56)(H,50,55)(H,51,57)/t27-,34-,35-,36-,38-/m0/s1. The van der Waals surface area contributed by atoms with E-state index in [1.807, 2.05) is 54.6 Å². The highest BCUT2D eigenvalue weighted by molar-refractivity contribution is 8.13. The third-order valence-corrected chi connectivity index (χ3v) is 10.6. The monoisotopic (exact) mass is 828 g/mol. The van der Waals surface area contributed by atoms with E-state index >= 15 is 0 Å². The van der Waals surface area contributed by atoms with Crippen molar-refractivity contribution >= 4 is 57.3 Å². The van der Waals surface area contributed by atoms with Gasteiger partial charge in [-0.1, -0.05) is 86.3 Å². The molecular weight excluding hydrogens is 773 g/mol. The third-order valence-electron chi connectivity index (χ3n) is 9.63. The first kappa shape index (κ1) is 46.0. The number of thioether (sulfide) groups is 1. The van der Waals surface area contributed by atoms with Crippen LogP contribution in [0, 0.1) is 5.92 Å². The molecule has 0 aliphatic carbocycles. The number of hydrogen-bond donors (Lipinski definition) is 9. The number of rotatable bonds is 22. The molecule has 0 fully saturated rings. The van der Waals surface area contributed by atoms with E-state index in [0.29, 0.717) is 36.3 Å². The molecule has 0 spiro atoms. The molecule has 15 nitrogen and oxygen atoms in total. The summed E-state index contributed by atoms with van der Waals surface area (Å²) in [6.45, 7) is 5.11. The molecule has 0 saturated heterocycles. The Kier molecular flexibility index (Phi) is 17.9. The number of phenols is 1. The number of carbonyl (C=O) groups excluding carboxylic acids is 6. The Bertz CT molecular complexity index is 2020. The SMILES string of the molecule is CC(C)[C@H](NC(=O)[C@H](Cc1ccc(O)cc1)NC(=O)[C@H](Cc1c[nH]c2ccccc12)NC(=O)[C@H](CCCCN)NC(=O)[C@H](C)N)C(=O)NCC(=O)SCc1ccccc1. The van der Waals surface area contributed by atoms with Crippen LogP contribution in [0.1, 0.15) is 56.7 Å². The van der Waals surface area contributed by atoms with Gasteiger partial charge in [-0.05, 0) is 73.5 Å². The normalized spacial score (nSPS) is 13.7. The molecule has 3 aromatic carbocycles. The smallest absolute Gasteiger partial charge is 0.243 e. The van der Waals surface area contributed by atoms with Crippen molar-refractivity contribution in [2.75, 3.05) is 13.1 Å². The number of carbonyl (C=O) groups is 6. The minimum Gasteiger partial charge on any atom is -0.508 e. The number of nitrogens with one attached hydrogen (secondary N) is 6. The molecule has 0 unspecified atom stereocenters. The van der Waals surface area contributed by atoms with Crippen molar-refractivity contribution in [2.24, 2.45) is 17.4 Å². The number of nitrogens with two attached hydrogens (primary N) is 2. The predicted molar refractivity (Wildman–Crippen MR) is 229 cm³/mol. The van der Waals surface area contributed by atoms with Gasteiger partial charge < -0.3 is 48.1 Å². The van der Waals surface area contributed by atoms with Crippen molar-refractivity contribution in [3.8, 4) is 5.75 Å². The largest absolute Gasteiger partial charge is 0.508 e. The van der Waals surface area contributed by atoms with Gasteiger partial charge in [-0.25, -0.2) is 0 Å². The Hall–Kier alpha value is -5.71. The summed E-state index contributed by atoms with van der Waals surface area (Å²) in [6.07, 6.45) is 3.07. The molecule has 4 aromatic rings. The Morgan fingerprint density at radius 1 is 0.695 bits per heavy atom. The fourth-order valence-corrected chi connectivity index (χ4v) is 6.96. The molecule has 59 heavy (non-hydrogen) atoms. The van der Waals surface area contributed by atoms with Crippen LogP contribution >= 0.6 is 11.8 Å². The van der Waals surface area contributed by atoms with Crippen LogP contribution in [0.25, 0.3) is 10.9 Å². The maximum atomic E-state index is 14.4. The molecule has 1 heterocycles. The van der Waals surface area contributed by atoms with Crippen LogP contribution in [0.3, 0.4) is 0 Å². The second-order valence-electron chi connectivity index (χ2n) is 14.8. The van der Waals surface area contributed by atoms with Gasteiger partial charge in [0.05, 0.1) is 12.6 Å². The van der Waals surface area contributed by atoms with E-state index in [9.17, 15) is 33.9 Å². The van der Waals surface area contributed by atoms with Crippen LogP contribution in [-0.4, -0.2) is 88.0 Å². The van der Waals surface area contributed by atoms with Gasteiger partial charge in [-0.2, -0.15) is 0 Å². The number of fused-ring (bicyclic) bond motifs is 1. The van der Waals surface area contributed by atoms with Crippen molar-refractivity contribution < 1.29 is 33.9 Å². The second kappa shape index (κ2) is 23.0. The summed E-state index contributed by atoms with van der Waals surface area (Å²) in [5, 5.41) is 24.2. The number of benzene rings is 3. The summed E-state index contributed by atoms with van der Waals surface area (Å²) in [4.78, 5) is 84.4. The molecular formula is C43H56N8O7S. The molecule has 0 radical (unpaired) electrons. The highest BCUT2D eigenvalue weighted by Crippen LogP contribution is 2.20. The maximum Gasteiger partial charge on any atom is 0.243 e. The zero-order valence-electron chi connectivity index (χ0n) is 33.7. The Morgan fingerprint density at radius 3 is 1.97 bits per heavy atom. The molecule has 4 rings (SSSR count). The van der Waals surface area contributed by atoms with Crippen molar-refractivity contribution in [1.29, 1.82) is 0 Å². The fraction of sp³-hybridized carbons (Fsp3) is 0.395. The van der Waals surface area contributed by atoms with Crippen LogP contribution < -0.4 is 38.1 Å². The summed E-state index contributed by atoms with van der Waals surface area (Å²) < 4.78 is 0. The summed E-state index contributed by atoms with van der Waals surface area (Å²) in [5.74, 6) is -3.09. The van der Waals surface area contributed by atoms with E-state index in [4.69, 9.17) is 11.5 Å². The van der Waals surface area contributed by atoms with Gasteiger partial charge in [0, 0.05) is 35.7 Å². The van der Waals surface area contributed by atoms with Gasteiger partial charge in [-0.15, -0.1) is 0 Å². The number of aromatic nitrogens is 1. The quantitative estimate of drug-likeness (QED) is 0.0523. The average molecular weight is 829 g/mol. The van der Waals surface area contributed by atoms with E-state index in [1.165, 1.54) is 19.1 Å². The Labute approximate surface area is 348 Å². The first-order valence-corrected chi connectivity index (χ1v) is 20.7. The molecule has 0 aliphatic heterocycles. The van der Waals surface area contributed by atoms with E-state index in [2.05, 4.69) is 31.6 Å². The number of amides is 5. The lowest BCUT2D eigenvalue weighted by atomic mass is 9.99. The first-order chi connectivity index (χ1) is 28.2. The zero-order chi connectivity index (χ0) is 42.9. The van der Waals surface area contributed by atoms with Crippen LogP contribution in [0.15, 0.2) is 85.1 Å². The van der Waals surface area contributed by atoms with E-state index in [-0.39, 0.29) is 36.7 Å². The second-order valence-corrected chi connectivity index (χ2v) is 15.8. The van der Waals surface area contributed by atoms with Crippen molar-refractivity contribution in [1.82, 2.24) is 31.6 Å². The van der Waals surface area contributed by atoms with Crippen molar-refractivity contribution in [2.45, 2.75) is 88.8 Å². The molecule has 11 N–H and O–H groups in total. The van der Waals surface area contributed by atoms with Crippen molar-refractivity contribution in [3.63, 3.8) is 0 Å². The number of H-pyrrole nitrogens is 1. The average Bonchev–Trinajstić information content (AvgIpc) is 3.63. The predicted octanol–water partition coefficient (Wildman–Crippen LogP) is 2.31. The summed E-state index contributed by atoms with van der Waals surface area (Å²) in [7, 11) is 0. The molecule has 0 bridgehead atoms. The minimum absolute atomic E-state index is 0.00505. The van der Waals surface area contributed by atoms with Gasteiger partial charge in [0.15, 0.2) is 0 Å². The number of phenolic OH excluding ortho intramolecular Hbond substituents is 1. The number of aromatic amines is 1.